The molecule has 3 N–H and O–H groups in total. The molecule has 0 atom stereocenters. The van der Waals surface area contributed by atoms with Crippen molar-refractivity contribution in [1.82, 2.24) is 9.97 Å². The van der Waals surface area contributed by atoms with Gasteiger partial charge in [0.1, 0.15) is 12.1 Å². The molecule has 1 aromatic heterocycles. The first kappa shape index (κ1) is 23.9. The molecule has 178 valence electrons. The van der Waals surface area contributed by atoms with Crippen molar-refractivity contribution in [3.8, 4) is 11.3 Å². The van der Waals surface area contributed by atoms with E-state index in [0.717, 1.165) is 28.1 Å². The van der Waals surface area contributed by atoms with Crippen molar-refractivity contribution >= 4 is 33.2 Å². The monoisotopic (exact) mass is 488 g/mol. The standard InChI is InChI=1S/C26H24N4O4S/c1-18-2-13-23(14-3-18)35(33,34)30-22-11-9-21(10-12-22)29-25-16-24(27-17-28-25)20-7-4-19(5-8-20)6-15-26(31)32/h2-5,7-14,16-17,30H,6,15H2,1H3,(H,31,32)(H,27,28,29). The van der Waals surface area contributed by atoms with Crippen LogP contribution in [0.25, 0.3) is 11.3 Å². The number of carboxylic acids is 1. The number of aromatic nitrogens is 2. The number of carboxylic acid groups (broad SMARTS) is 1. The van der Waals surface area contributed by atoms with Crippen molar-refractivity contribution in [1.29, 1.82) is 0 Å². The summed E-state index contributed by atoms with van der Waals surface area (Å²) in [5.74, 6) is -0.241. The number of aryl methyl sites for hydroxylation is 2. The van der Waals surface area contributed by atoms with Gasteiger partial charge in [0.05, 0.1) is 10.6 Å². The van der Waals surface area contributed by atoms with Crippen LogP contribution in [0.1, 0.15) is 17.5 Å². The minimum atomic E-state index is -3.67. The summed E-state index contributed by atoms with van der Waals surface area (Å²) < 4.78 is 27.7. The van der Waals surface area contributed by atoms with E-state index in [0.29, 0.717) is 17.9 Å². The Morgan fingerprint density at radius 1 is 0.886 bits per heavy atom. The average Bonchev–Trinajstić information content (AvgIpc) is 2.84. The first-order chi connectivity index (χ1) is 16.8. The maximum absolute atomic E-state index is 12.6. The highest BCUT2D eigenvalue weighted by atomic mass is 32.2. The lowest BCUT2D eigenvalue weighted by Gasteiger charge is -2.10. The molecule has 0 aliphatic rings. The topological polar surface area (TPSA) is 121 Å². The highest BCUT2D eigenvalue weighted by Gasteiger charge is 2.13. The van der Waals surface area contributed by atoms with E-state index < -0.39 is 16.0 Å². The molecule has 0 fully saturated rings. The third-order valence-electron chi connectivity index (χ3n) is 5.29. The molecule has 3 aromatic carbocycles. The summed E-state index contributed by atoms with van der Waals surface area (Å²) in [6.45, 7) is 1.90. The number of nitrogens with one attached hydrogen (secondary N) is 2. The summed E-state index contributed by atoms with van der Waals surface area (Å²) in [5.41, 5.74) is 4.71. The Kier molecular flexibility index (Phi) is 7.07. The van der Waals surface area contributed by atoms with Crippen LogP contribution in [0.15, 0.2) is 90.1 Å². The Bertz CT molecular complexity index is 1420. The molecule has 4 aromatic rings. The number of sulfonamides is 1. The molecule has 0 bridgehead atoms. The van der Waals surface area contributed by atoms with Crippen LogP contribution in [0, 0.1) is 6.92 Å². The molecule has 0 radical (unpaired) electrons. The predicted molar refractivity (Wildman–Crippen MR) is 135 cm³/mol. The van der Waals surface area contributed by atoms with Gasteiger partial charge in [0.25, 0.3) is 10.0 Å². The van der Waals surface area contributed by atoms with Gasteiger partial charge in [-0.15, -0.1) is 0 Å². The van der Waals surface area contributed by atoms with E-state index >= 15 is 0 Å². The largest absolute Gasteiger partial charge is 0.481 e. The van der Waals surface area contributed by atoms with Gasteiger partial charge in [-0.3, -0.25) is 9.52 Å². The summed E-state index contributed by atoms with van der Waals surface area (Å²) in [5, 5.41) is 12.0. The maximum Gasteiger partial charge on any atom is 0.303 e. The maximum atomic E-state index is 12.6. The van der Waals surface area contributed by atoms with Gasteiger partial charge in [-0.05, 0) is 55.3 Å². The zero-order valence-corrected chi connectivity index (χ0v) is 19.8. The third-order valence-corrected chi connectivity index (χ3v) is 6.68. The van der Waals surface area contributed by atoms with E-state index in [1.165, 1.54) is 6.33 Å². The fourth-order valence-electron chi connectivity index (χ4n) is 3.38. The molecule has 8 nitrogen and oxygen atoms in total. The van der Waals surface area contributed by atoms with Gasteiger partial charge in [0, 0.05) is 29.4 Å². The van der Waals surface area contributed by atoms with Crippen LogP contribution in [0.2, 0.25) is 0 Å². The van der Waals surface area contributed by atoms with Gasteiger partial charge >= 0.3 is 5.97 Å². The summed E-state index contributed by atoms with van der Waals surface area (Å²) in [6, 6.07) is 22.9. The Hall–Kier alpha value is -4.24. The van der Waals surface area contributed by atoms with E-state index in [4.69, 9.17) is 5.11 Å². The lowest BCUT2D eigenvalue weighted by molar-refractivity contribution is -0.136. The van der Waals surface area contributed by atoms with E-state index in [1.54, 1.807) is 54.6 Å². The lowest BCUT2D eigenvalue weighted by Crippen LogP contribution is -2.12. The molecule has 0 aliphatic carbocycles. The number of carbonyl (C=O) groups is 1. The molecule has 0 saturated heterocycles. The van der Waals surface area contributed by atoms with Crippen molar-refractivity contribution < 1.29 is 18.3 Å². The van der Waals surface area contributed by atoms with Crippen LogP contribution in [0.3, 0.4) is 0 Å². The Balaban J connectivity index is 1.42. The van der Waals surface area contributed by atoms with Crippen LogP contribution in [0.4, 0.5) is 17.2 Å². The van der Waals surface area contributed by atoms with Crippen molar-refractivity contribution in [2.75, 3.05) is 10.0 Å². The summed E-state index contributed by atoms with van der Waals surface area (Å²) >= 11 is 0. The molecule has 0 saturated carbocycles. The normalized spacial score (nSPS) is 11.1. The van der Waals surface area contributed by atoms with Crippen molar-refractivity contribution in [2.45, 2.75) is 24.7 Å². The molecule has 0 amide bonds. The zero-order valence-electron chi connectivity index (χ0n) is 19.0. The van der Waals surface area contributed by atoms with Crippen LogP contribution in [-0.2, 0) is 21.2 Å². The number of benzene rings is 3. The van der Waals surface area contributed by atoms with E-state index in [-0.39, 0.29) is 11.3 Å². The molecule has 1 heterocycles. The van der Waals surface area contributed by atoms with Gasteiger partial charge < -0.3 is 10.4 Å². The molecular formula is C26H24N4O4S. The molecule has 35 heavy (non-hydrogen) atoms. The first-order valence-corrected chi connectivity index (χ1v) is 12.4. The Morgan fingerprint density at radius 2 is 1.54 bits per heavy atom. The molecule has 4 rings (SSSR count). The summed E-state index contributed by atoms with van der Waals surface area (Å²) in [6.07, 6.45) is 2.02. The van der Waals surface area contributed by atoms with Crippen molar-refractivity contribution in [3.63, 3.8) is 0 Å². The number of hydrogen-bond acceptors (Lipinski definition) is 6. The van der Waals surface area contributed by atoms with E-state index in [2.05, 4.69) is 20.0 Å². The zero-order chi connectivity index (χ0) is 24.8. The minimum Gasteiger partial charge on any atom is -0.481 e. The fourth-order valence-corrected chi connectivity index (χ4v) is 4.44. The molecule has 9 heteroatoms. The molecule has 0 aliphatic heterocycles. The number of nitrogens with zero attached hydrogens (tertiary/aromatic N) is 2. The minimum absolute atomic E-state index is 0.0904. The second-order valence-electron chi connectivity index (χ2n) is 8.00. The number of rotatable bonds is 9. The van der Waals surface area contributed by atoms with Gasteiger partial charge in [0.15, 0.2) is 0 Å². The van der Waals surface area contributed by atoms with Crippen molar-refractivity contribution in [2.24, 2.45) is 0 Å². The van der Waals surface area contributed by atoms with Crippen LogP contribution in [-0.4, -0.2) is 29.5 Å². The van der Waals surface area contributed by atoms with Gasteiger partial charge in [-0.2, -0.15) is 0 Å². The van der Waals surface area contributed by atoms with Crippen LogP contribution < -0.4 is 10.0 Å². The molecule has 0 unspecified atom stereocenters. The van der Waals surface area contributed by atoms with E-state index in [1.807, 2.05) is 31.2 Å². The first-order valence-electron chi connectivity index (χ1n) is 10.9. The smallest absolute Gasteiger partial charge is 0.303 e. The summed E-state index contributed by atoms with van der Waals surface area (Å²) in [4.78, 5) is 19.5. The number of anilines is 3. The van der Waals surface area contributed by atoms with Crippen molar-refractivity contribution in [3.05, 3.63) is 96.3 Å². The number of aliphatic carboxylic acids is 1. The Labute approximate surface area is 203 Å². The third kappa shape index (κ3) is 6.42. The van der Waals surface area contributed by atoms with Gasteiger partial charge in [-0.1, -0.05) is 42.0 Å². The predicted octanol–water partition coefficient (Wildman–Crippen LogP) is 5.01. The molecular weight excluding hydrogens is 464 g/mol. The number of hydrogen-bond donors (Lipinski definition) is 3. The van der Waals surface area contributed by atoms with Gasteiger partial charge in [-0.25, -0.2) is 18.4 Å². The highest BCUT2D eigenvalue weighted by Crippen LogP contribution is 2.24. The Morgan fingerprint density at radius 3 is 2.20 bits per heavy atom. The fraction of sp³-hybridized carbons (Fsp3) is 0.115. The van der Waals surface area contributed by atoms with Crippen LogP contribution in [0.5, 0.6) is 0 Å². The molecule has 0 spiro atoms. The summed E-state index contributed by atoms with van der Waals surface area (Å²) in [7, 11) is -3.67. The highest BCUT2D eigenvalue weighted by molar-refractivity contribution is 7.92. The van der Waals surface area contributed by atoms with Crippen LogP contribution >= 0.6 is 0 Å². The lowest BCUT2D eigenvalue weighted by atomic mass is 10.1. The second kappa shape index (κ2) is 10.4. The SMILES string of the molecule is Cc1ccc(S(=O)(=O)Nc2ccc(Nc3cc(-c4ccc(CCC(=O)O)cc4)ncn3)cc2)cc1. The quantitative estimate of drug-likeness (QED) is 0.303. The van der Waals surface area contributed by atoms with E-state index in [9.17, 15) is 13.2 Å². The average molecular weight is 489 g/mol. The second-order valence-corrected chi connectivity index (χ2v) is 9.68. The van der Waals surface area contributed by atoms with Gasteiger partial charge in [0.2, 0.25) is 0 Å².